The van der Waals surface area contributed by atoms with Crippen molar-refractivity contribution in [2.75, 3.05) is 6.54 Å². The van der Waals surface area contributed by atoms with Gasteiger partial charge in [-0.25, -0.2) is 0 Å². The molecule has 0 aromatic heterocycles. The minimum absolute atomic E-state index is 0.126. The lowest BCUT2D eigenvalue weighted by Crippen LogP contribution is -2.24. The van der Waals surface area contributed by atoms with E-state index in [-0.39, 0.29) is 6.10 Å². The van der Waals surface area contributed by atoms with Crippen LogP contribution in [0.5, 0.6) is 5.75 Å². The van der Waals surface area contributed by atoms with Crippen molar-refractivity contribution in [3.05, 3.63) is 53.1 Å². The maximum Gasteiger partial charge on any atom is 0.130 e. The quantitative estimate of drug-likeness (QED) is 0.891. The van der Waals surface area contributed by atoms with Crippen LogP contribution in [0, 0.1) is 13.8 Å². The molecular formula is C17H19NO. The van der Waals surface area contributed by atoms with Crippen molar-refractivity contribution >= 4 is 0 Å². The minimum Gasteiger partial charge on any atom is -0.488 e. The van der Waals surface area contributed by atoms with Gasteiger partial charge >= 0.3 is 0 Å². The topological polar surface area (TPSA) is 35.2 Å². The van der Waals surface area contributed by atoms with E-state index in [1.54, 1.807) is 0 Å². The Hall–Kier alpha value is -1.80. The van der Waals surface area contributed by atoms with E-state index in [1.165, 1.54) is 27.8 Å². The fourth-order valence-electron chi connectivity index (χ4n) is 2.71. The molecule has 1 aliphatic heterocycles. The summed E-state index contributed by atoms with van der Waals surface area (Å²) in [6.07, 6.45) is 1.05. The molecule has 0 fully saturated rings. The molecule has 2 heteroatoms. The third kappa shape index (κ3) is 2.13. The van der Waals surface area contributed by atoms with Crippen molar-refractivity contribution in [3.63, 3.8) is 0 Å². The Morgan fingerprint density at radius 3 is 2.79 bits per heavy atom. The molecule has 19 heavy (non-hydrogen) atoms. The summed E-state index contributed by atoms with van der Waals surface area (Å²) in [6, 6.07) is 12.9. The smallest absolute Gasteiger partial charge is 0.130 e. The molecule has 2 N–H and O–H groups in total. The van der Waals surface area contributed by atoms with E-state index in [0.717, 1.165) is 12.2 Å². The number of ether oxygens (including phenoxy) is 1. The Balaban J connectivity index is 2.13. The molecule has 2 nitrogen and oxygen atoms in total. The molecule has 1 aliphatic rings. The van der Waals surface area contributed by atoms with Crippen molar-refractivity contribution in [2.45, 2.75) is 26.4 Å². The van der Waals surface area contributed by atoms with Gasteiger partial charge in [0, 0.05) is 18.5 Å². The van der Waals surface area contributed by atoms with Crippen molar-refractivity contribution in [1.82, 2.24) is 0 Å². The van der Waals surface area contributed by atoms with Crippen molar-refractivity contribution < 1.29 is 4.74 Å². The zero-order valence-corrected chi connectivity index (χ0v) is 11.4. The van der Waals surface area contributed by atoms with Crippen LogP contribution >= 0.6 is 0 Å². The van der Waals surface area contributed by atoms with Gasteiger partial charge in [-0.1, -0.05) is 42.0 Å². The molecule has 0 saturated carbocycles. The van der Waals surface area contributed by atoms with Gasteiger partial charge < -0.3 is 10.5 Å². The molecule has 2 aromatic carbocycles. The van der Waals surface area contributed by atoms with Gasteiger partial charge in [0.2, 0.25) is 0 Å². The largest absolute Gasteiger partial charge is 0.488 e. The first kappa shape index (κ1) is 12.2. The van der Waals surface area contributed by atoms with Crippen molar-refractivity contribution in [2.24, 2.45) is 5.73 Å². The highest BCUT2D eigenvalue weighted by Crippen LogP contribution is 2.39. The van der Waals surface area contributed by atoms with Gasteiger partial charge in [0.25, 0.3) is 0 Å². The van der Waals surface area contributed by atoms with Gasteiger partial charge in [-0.15, -0.1) is 0 Å². The first-order valence-electron chi connectivity index (χ1n) is 6.75. The SMILES string of the molecule is Cc1ccc(C)c(-c2cccc3c2OC(CN)C3)c1. The van der Waals surface area contributed by atoms with Crippen LogP contribution in [-0.2, 0) is 6.42 Å². The maximum absolute atomic E-state index is 6.01. The van der Waals surface area contributed by atoms with Crippen molar-refractivity contribution in [1.29, 1.82) is 0 Å². The number of nitrogens with two attached hydrogens (primary N) is 1. The van der Waals surface area contributed by atoms with E-state index in [1.807, 2.05) is 0 Å². The van der Waals surface area contributed by atoms with Gasteiger partial charge in [0.1, 0.15) is 11.9 Å². The van der Waals surface area contributed by atoms with E-state index < -0.39 is 0 Å². The summed E-state index contributed by atoms with van der Waals surface area (Å²) in [6.45, 7) is 4.83. The minimum atomic E-state index is 0.126. The fraction of sp³-hybridized carbons (Fsp3) is 0.294. The van der Waals surface area contributed by atoms with Crippen LogP contribution in [0.1, 0.15) is 16.7 Å². The van der Waals surface area contributed by atoms with E-state index in [4.69, 9.17) is 10.5 Å². The standard InChI is InChI=1S/C17H19NO/c1-11-6-7-12(2)16(8-11)15-5-3-4-13-9-14(10-18)19-17(13)15/h3-8,14H,9-10,18H2,1-2H3. The normalized spacial score (nSPS) is 17.1. The summed E-state index contributed by atoms with van der Waals surface area (Å²) in [7, 11) is 0. The zero-order chi connectivity index (χ0) is 13.4. The Morgan fingerprint density at radius 1 is 1.16 bits per heavy atom. The lowest BCUT2D eigenvalue weighted by Gasteiger charge is -2.13. The van der Waals surface area contributed by atoms with Gasteiger partial charge in [-0.2, -0.15) is 0 Å². The number of hydrogen-bond donors (Lipinski definition) is 1. The van der Waals surface area contributed by atoms with Crippen LogP contribution in [0.4, 0.5) is 0 Å². The second kappa shape index (κ2) is 4.71. The molecule has 1 atom stereocenters. The second-order valence-corrected chi connectivity index (χ2v) is 5.29. The number of benzene rings is 2. The molecule has 98 valence electrons. The molecule has 3 rings (SSSR count). The third-order valence-electron chi connectivity index (χ3n) is 3.77. The van der Waals surface area contributed by atoms with Crippen LogP contribution in [0.3, 0.4) is 0 Å². The van der Waals surface area contributed by atoms with E-state index >= 15 is 0 Å². The summed E-state index contributed by atoms with van der Waals surface area (Å²) in [5, 5.41) is 0. The zero-order valence-electron chi connectivity index (χ0n) is 11.4. The van der Waals surface area contributed by atoms with E-state index in [2.05, 4.69) is 50.2 Å². The molecule has 0 saturated heterocycles. The van der Waals surface area contributed by atoms with Crippen LogP contribution in [0.25, 0.3) is 11.1 Å². The summed E-state index contributed by atoms with van der Waals surface area (Å²) in [4.78, 5) is 0. The Bertz CT molecular complexity index is 619. The van der Waals surface area contributed by atoms with Crippen LogP contribution in [0.15, 0.2) is 36.4 Å². The molecule has 0 amide bonds. The molecule has 2 aromatic rings. The average Bonchev–Trinajstić information content (AvgIpc) is 2.84. The lowest BCUT2D eigenvalue weighted by atomic mass is 9.96. The highest BCUT2D eigenvalue weighted by Gasteiger charge is 2.24. The van der Waals surface area contributed by atoms with Crippen molar-refractivity contribution in [3.8, 4) is 16.9 Å². The maximum atomic E-state index is 6.01. The molecule has 0 radical (unpaired) electrons. The van der Waals surface area contributed by atoms with Crippen LogP contribution in [-0.4, -0.2) is 12.6 Å². The number of rotatable bonds is 2. The van der Waals surface area contributed by atoms with Gasteiger partial charge in [0.05, 0.1) is 0 Å². The number of aryl methyl sites for hydroxylation is 2. The number of hydrogen-bond acceptors (Lipinski definition) is 2. The van der Waals surface area contributed by atoms with Crippen LogP contribution in [0.2, 0.25) is 0 Å². The molecule has 0 bridgehead atoms. The molecule has 0 aliphatic carbocycles. The summed E-state index contributed by atoms with van der Waals surface area (Å²) in [5.41, 5.74) is 12.0. The first-order chi connectivity index (χ1) is 9.19. The predicted molar refractivity (Wildman–Crippen MR) is 78.5 cm³/mol. The Morgan fingerprint density at radius 2 is 2.00 bits per heavy atom. The number of para-hydroxylation sites is 1. The van der Waals surface area contributed by atoms with E-state index in [9.17, 15) is 0 Å². The van der Waals surface area contributed by atoms with Crippen LogP contribution < -0.4 is 10.5 Å². The monoisotopic (exact) mass is 253 g/mol. The average molecular weight is 253 g/mol. The first-order valence-corrected chi connectivity index (χ1v) is 6.75. The van der Waals surface area contributed by atoms with Gasteiger partial charge in [-0.05, 0) is 30.5 Å². The molecule has 1 unspecified atom stereocenters. The van der Waals surface area contributed by atoms with E-state index in [0.29, 0.717) is 6.54 Å². The predicted octanol–water partition coefficient (Wildman–Crippen LogP) is 3.23. The molecule has 0 spiro atoms. The second-order valence-electron chi connectivity index (χ2n) is 5.29. The molecular weight excluding hydrogens is 234 g/mol. The number of fused-ring (bicyclic) bond motifs is 1. The Labute approximate surface area is 114 Å². The summed E-state index contributed by atoms with van der Waals surface area (Å²) in [5.74, 6) is 1.02. The Kier molecular flexibility index (Phi) is 3.03. The summed E-state index contributed by atoms with van der Waals surface area (Å²) >= 11 is 0. The fourth-order valence-corrected chi connectivity index (χ4v) is 2.71. The lowest BCUT2D eigenvalue weighted by molar-refractivity contribution is 0.242. The summed E-state index contributed by atoms with van der Waals surface area (Å²) < 4.78 is 6.01. The highest BCUT2D eigenvalue weighted by atomic mass is 16.5. The van der Waals surface area contributed by atoms with Gasteiger partial charge in [-0.3, -0.25) is 0 Å². The van der Waals surface area contributed by atoms with Gasteiger partial charge in [0.15, 0.2) is 0 Å². The third-order valence-corrected chi connectivity index (χ3v) is 3.77. The molecule has 1 heterocycles. The highest BCUT2D eigenvalue weighted by molar-refractivity contribution is 5.76.